The van der Waals surface area contributed by atoms with E-state index in [1.54, 1.807) is 0 Å². The molecule has 2 heterocycles. The van der Waals surface area contributed by atoms with Crippen molar-refractivity contribution in [1.29, 1.82) is 0 Å². The average molecular weight is 316 g/mol. The Hall–Kier alpha value is -1.36. The molecule has 0 spiro atoms. The number of hydrogen-bond donors (Lipinski definition) is 1. The fourth-order valence-electron chi connectivity index (χ4n) is 3.57. The lowest BCUT2D eigenvalue weighted by molar-refractivity contribution is 0.0449. The zero-order valence-electron chi connectivity index (χ0n) is 14.2. The Kier molecular flexibility index (Phi) is 5.36. The summed E-state index contributed by atoms with van der Waals surface area (Å²) in [6, 6.07) is 10.8. The third-order valence-electron chi connectivity index (χ3n) is 4.61. The van der Waals surface area contributed by atoms with E-state index in [-0.39, 0.29) is 6.61 Å². The van der Waals surface area contributed by atoms with Crippen LogP contribution in [-0.4, -0.2) is 53.7 Å². The molecule has 0 amide bonds. The minimum atomic E-state index is 0.262. The van der Waals surface area contributed by atoms with Gasteiger partial charge in [-0.05, 0) is 24.5 Å². The van der Waals surface area contributed by atoms with E-state index in [1.807, 2.05) is 18.2 Å². The number of para-hydroxylation sites is 1. The summed E-state index contributed by atoms with van der Waals surface area (Å²) < 4.78 is 5.95. The third kappa shape index (κ3) is 4.14. The number of piperazine rings is 1. The van der Waals surface area contributed by atoms with Gasteiger partial charge < -0.3 is 9.52 Å². The maximum Gasteiger partial charge on any atom is 0.134 e. The topological polar surface area (TPSA) is 39.9 Å². The molecule has 4 heteroatoms. The van der Waals surface area contributed by atoms with Crippen LogP contribution in [0.1, 0.15) is 26.0 Å². The number of aliphatic hydroxyl groups is 1. The Bertz CT molecular complexity index is 590. The minimum Gasteiger partial charge on any atom is -0.460 e. The number of nitrogens with zero attached hydrogens (tertiary/aromatic N) is 2. The van der Waals surface area contributed by atoms with E-state index < -0.39 is 0 Å². The molecule has 0 aliphatic carbocycles. The Morgan fingerprint density at radius 2 is 2.09 bits per heavy atom. The van der Waals surface area contributed by atoms with Gasteiger partial charge in [-0.25, -0.2) is 0 Å². The molecule has 0 saturated carbocycles. The Labute approximate surface area is 138 Å². The fraction of sp³-hybridized carbons (Fsp3) is 0.579. The van der Waals surface area contributed by atoms with E-state index in [2.05, 4.69) is 35.8 Å². The van der Waals surface area contributed by atoms with Gasteiger partial charge in [0.25, 0.3) is 0 Å². The second-order valence-electron chi connectivity index (χ2n) is 7.04. The predicted octanol–water partition coefficient (Wildman–Crippen LogP) is 2.96. The first-order valence-electron chi connectivity index (χ1n) is 8.70. The number of fused-ring (bicyclic) bond motifs is 1. The fourth-order valence-corrected chi connectivity index (χ4v) is 3.57. The molecule has 1 N–H and O–H groups in total. The maximum absolute atomic E-state index is 9.38. The Balaban J connectivity index is 1.64. The lowest BCUT2D eigenvalue weighted by Crippen LogP contribution is -2.53. The van der Waals surface area contributed by atoms with Crippen molar-refractivity contribution in [2.75, 3.05) is 32.8 Å². The molecular weight excluding hydrogens is 288 g/mol. The van der Waals surface area contributed by atoms with Crippen molar-refractivity contribution in [2.45, 2.75) is 32.9 Å². The van der Waals surface area contributed by atoms with E-state index in [4.69, 9.17) is 4.42 Å². The standard InChI is InChI=1S/C19H28N2O2/c1-15(2)12-21-9-8-20(13-17(21)7-10-22)14-18-11-16-5-3-4-6-19(16)23-18/h3-6,11,15,17,22H,7-10,12-14H2,1-2H3/t17-/m0/s1. The molecule has 0 bridgehead atoms. The second-order valence-corrected chi connectivity index (χ2v) is 7.04. The molecule has 0 radical (unpaired) electrons. The zero-order valence-corrected chi connectivity index (χ0v) is 14.2. The highest BCUT2D eigenvalue weighted by molar-refractivity contribution is 5.77. The smallest absolute Gasteiger partial charge is 0.134 e. The van der Waals surface area contributed by atoms with Gasteiger partial charge in [0.2, 0.25) is 0 Å². The number of aliphatic hydroxyl groups excluding tert-OH is 1. The van der Waals surface area contributed by atoms with Crippen molar-refractivity contribution < 1.29 is 9.52 Å². The molecule has 3 rings (SSSR count). The lowest BCUT2D eigenvalue weighted by atomic mass is 10.1. The van der Waals surface area contributed by atoms with Crippen LogP contribution in [0.15, 0.2) is 34.7 Å². The van der Waals surface area contributed by atoms with E-state index >= 15 is 0 Å². The molecular formula is C19H28N2O2. The maximum atomic E-state index is 9.38. The molecule has 4 nitrogen and oxygen atoms in total. The summed E-state index contributed by atoms with van der Waals surface area (Å²) in [5.74, 6) is 1.70. The number of hydrogen-bond acceptors (Lipinski definition) is 4. The van der Waals surface area contributed by atoms with E-state index in [9.17, 15) is 5.11 Å². The summed E-state index contributed by atoms with van der Waals surface area (Å²) in [5.41, 5.74) is 0.966. The average Bonchev–Trinajstić information content (AvgIpc) is 2.92. The number of benzene rings is 1. The van der Waals surface area contributed by atoms with E-state index in [0.29, 0.717) is 12.0 Å². The van der Waals surface area contributed by atoms with Crippen LogP contribution < -0.4 is 0 Å². The molecule has 0 unspecified atom stereocenters. The summed E-state index contributed by atoms with van der Waals surface area (Å²) in [4.78, 5) is 4.99. The van der Waals surface area contributed by atoms with Crippen LogP contribution in [-0.2, 0) is 6.54 Å². The SMILES string of the molecule is CC(C)CN1CCN(Cc2cc3ccccc3o2)C[C@@H]1CCO. The molecule has 1 atom stereocenters. The number of furan rings is 1. The van der Waals surface area contributed by atoms with Gasteiger partial charge in [-0.15, -0.1) is 0 Å². The molecule has 2 aromatic rings. The highest BCUT2D eigenvalue weighted by Crippen LogP contribution is 2.22. The number of rotatable bonds is 6. The molecule has 1 aliphatic rings. The van der Waals surface area contributed by atoms with Gasteiger partial charge in [-0.3, -0.25) is 9.80 Å². The van der Waals surface area contributed by atoms with Crippen LogP contribution in [0.25, 0.3) is 11.0 Å². The summed E-state index contributed by atoms with van der Waals surface area (Å²) in [6.45, 7) is 9.89. The normalized spacial score (nSPS) is 20.6. The van der Waals surface area contributed by atoms with Gasteiger partial charge in [-0.2, -0.15) is 0 Å². The van der Waals surface area contributed by atoms with Crippen molar-refractivity contribution in [3.63, 3.8) is 0 Å². The molecule has 1 fully saturated rings. The van der Waals surface area contributed by atoms with Crippen LogP contribution in [0, 0.1) is 5.92 Å². The summed E-state index contributed by atoms with van der Waals surface area (Å²) in [5, 5.41) is 10.6. The van der Waals surface area contributed by atoms with Crippen molar-refractivity contribution in [2.24, 2.45) is 5.92 Å². The molecule has 1 aliphatic heterocycles. The summed E-state index contributed by atoms with van der Waals surface area (Å²) in [6.07, 6.45) is 0.851. The minimum absolute atomic E-state index is 0.262. The highest BCUT2D eigenvalue weighted by Gasteiger charge is 2.27. The van der Waals surface area contributed by atoms with Crippen molar-refractivity contribution in [1.82, 2.24) is 9.80 Å². The largest absolute Gasteiger partial charge is 0.460 e. The summed E-state index contributed by atoms with van der Waals surface area (Å²) in [7, 11) is 0. The lowest BCUT2D eigenvalue weighted by Gasteiger charge is -2.42. The first kappa shape index (κ1) is 16.5. The monoisotopic (exact) mass is 316 g/mol. The predicted molar refractivity (Wildman–Crippen MR) is 93.4 cm³/mol. The van der Waals surface area contributed by atoms with Gasteiger partial charge in [0.05, 0.1) is 6.54 Å². The van der Waals surface area contributed by atoms with Crippen LogP contribution in [0.5, 0.6) is 0 Å². The molecule has 23 heavy (non-hydrogen) atoms. The van der Waals surface area contributed by atoms with Crippen LogP contribution in [0.2, 0.25) is 0 Å². The summed E-state index contributed by atoms with van der Waals surface area (Å²) >= 11 is 0. The van der Waals surface area contributed by atoms with Gasteiger partial charge in [-0.1, -0.05) is 32.0 Å². The van der Waals surface area contributed by atoms with Crippen molar-refractivity contribution in [3.8, 4) is 0 Å². The van der Waals surface area contributed by atoms with E-state index in [0.717, 1.165) is 50.5 Å². The molecule has 1 aromatic heterocycles. The quantitative estimate of drug-likeness (QED) is 0.889. The molecule has 1 aromatic carbocycles. The molecule has 1 saturated heterocycles. The van der Waals surface area contributed by atoms with Crippen LogP contribution in [0.4, 0.5) is 0 Å². The van der Waals surface area contributed by atoms with Gasteiger partial charge in [0, 0.05) is 44.2 Å². The van der Waals surface area contributed by atoms with E-state index in [1.165, 1.54) is 5.39 Å². The van der Waals surface area contributed by atoms with Crippen LogP contribution >= 0.6 is 0 Å². The first-order chi connectivity index (χ1) is 11.2. The zero-order chi connectivity index (χ0) is 16.2. The van der Waals surface area contributed by atoms with Gasteiger partial charge in [0.1, 0.15) is 11.3 Å². The van der Waals surface area contributed by atoms with Crippen LogP contribution in [0.3, 0.4) is 0 Å². The second kappa shape index (κ2) is 7.47. The third-order valence-corrected chi connectivity index (χ3v) is 4.61. The molecule has 126 valence electrons. The van der Waals surface area contributed by atoms with Gasteiger partial charge in [0.15, 0.2) is 0 Å². The Morgan fingerprint density at radius 3 is 2.83 bits per heavy atom. The first-order valence-corrected chi connectivity index (χ1v) is 8.70. The Morgan fingerprint density at radius 1 is 1.26 bits per heavy atom. The van der Waals surface area contributed by atoms with Crippen molar-refractivity contribution >= 4 is 11.0 Å². The van der Waals surface area contributed by atoms with Gasteiger partial charge >= 0.3 is 0 Å². The highest BCUT2D eigenvalue weighted by atomic mass is 16.3. The van der Waals surface area contributed by atoms with Crippen molar-refractivity contribution in [3.05, 3.63) is 36.1 Å².